The number of benzene rings is 1. The number of nitrogens with zero attached hydrogens (tertiary/aromatic N) is 2. The molecule has 0 bridgehead atoms. The Kier molecular flexibility index (Phi) is 8.59. The van der Waals surface area contributed by atoms with Gasteiger partial charge in [0.1, 0.15) is 11.9 Å². The third kappa shape index (κ3) is 5.60. The summed E-state index contributed by atoms with van der Waals surface area (Å²) < 4.78 is 19.5. The first-order chi connectivity index (χ1) is 12.0. The maximum Gasteiger partial charge on any atom is 0.254 e. The van der Waals surface area contributed by atoms with Crippen molar-refractivity contribution in [3.63, 3.8) is 0 Å². The molecule has 1 aliphatic rings. The number of alkyl halides is 1. The van der Waals surface area contributed by atoms with Gasteiger partial charge in [-0.1, -0.05) is 13.0 Å². The van der Waals surface area contributed by atoms with Crippen molar-refractivity contribution < 1.29 is 13.9 Å². The molecule has 0 aliphatic carbocycles. The number of aryl methyl sites for hydroxylation is 1. The highest BCUT2D eigenvalue weighted by molar-refractivity contribution is 7.59. The van der Waals surface area contributed by atoms with E-state index in [9.17, 15) is 9.18 Å². The number of carbonyl (C=O) groups excluding carboxylic acids is 1. The lowest BCUT2D eigenvalue weighted by Crippen LogP contribution is -2.29. The van der Waals surface area contributed by atoms with E-state index in [0.717, 1.165) is 11.3 Å². The third-order valence-corrected chi connectivity index (χ3v) is 4.34. The summed E-state index contributed by atoms with van der Waals surface area (Å²) in [5.74, 6) is 0.631. The fourth-order valence-corrected chi connectivity index (χ4v) is 2.97. The number of ether oxygens (including phenoxy) is 1. The van der Waals surface area contributed by atoms with Crippen molar-refractivity contribution in [1.29, 1.82) is 0 Å². The van der Waals surface area contributed by atoms with Crippen LogP contribution in [-0.4, -0.2) is 35.1 Å². The largest absolute Gasteiger partial charge is 0.439 e. The van der Waals surface area contributed by atoms with Crippen molar-refractivity contribution in [3.05, 3.63) is 53.2 Å². The van der Waals surface area contributed by atoms with Gasteiger partial charge >= 0.3 is 0 Å². The Labute approximate surface area is 173 Å². The zero-order valence-electron chi connectivity index (χ0n) is 15.4. The first-order valence-corrected chi connectivity index (χ1v) is 8.35. The molecular formula is C19H26FN3O2S2. The van der Waals surface area contributed by atoms with Crippen LogP contribution in [0.3, 0.4) is 0 Å². The van der Waals surface area contributed by atoms with E-state index in [1.165, 1.54) is 0 Å². The van der Waals surface area contributed by atoms with E-state index < -0.39 is 6.17 Å². The maximum atomic E-state index is 13.7. The summed E-state index contributed by atoms with van der Waals surface area (Å²) in [6, 6.07) is 10.5. The van der Waals surface area contributed by atoms with Crippen LogP contribution in [0.1, 0.15) is 28.5 Å². The number of carbonyl (C=O) groups is 1. The number of nitrogens with two attached hydrogens (primary N) is 1. The number of hydrogen-bond acceptors (Lipinski definition) is 4. The van der Waals surface area contributed by atoms with Crippen molar-refractivity contribution >= 4 is 32.9 Å². The summed E-state index contributed by atoms with van der Waals surface area (Å²) in [4.78, 5) is 18.4. The van der Waals surface area contributed by atoms with Gasteiger partial charge in [0.05, 0.1) is 6.54 Å². The van der Waals surface area contributed by atoms with Crippen LogP contribution in [0.2, 0.25) is 0 Å². The normalized spacial score (nSPS) is 18.4. The van der Waals surface area contributed by atoms with Crippen LogP contribution in [0, 0.1) is 12.8 Å². The topological polar surface area (TPSA) is 68.5 Å². The molecule has 2 heterocycles. The highest BCUT2D eigenvalue weighted by atomic mass is 32.1. The lowest BCUT2D eigenvalue weighted by molar-refractivity contribution is 0.0781. The zero-order chi connectivity index (χ0) is 18.0. The average Bonchev–Trinajstić information content (AvgIpc) is 2.93. The van der Waals surface area contributed by atoms with E-state index in [1.54, 1.807) is 35.2 Å². The van der Waals surface area contributed by atoms with Crippen molar-refractivity contribution in [2.45, 2.75) is 26.6 Å². The molecule has 1 saturated heterocycles. The average molecular weight is 412 g/mol. The molecular weight excluding hydrogens is 385 g/mol. The molecule has 5 nitrogen and oxygen atoms in total. The predicted molar refractivity (Wildman–Crippen MR) is 114 cm³/mol. The second kappa shape index (κ2) is 9.96. The van der Waals surface area contributed by atoms with E-state index in [-0.39, 0.29) is 45.4 Å². The van der Waals surface area contributed by atoms with E-state index in [2.05, 4.69) is 4.98 Å². The Morgan fingerprint density at radius 2 is 2.04 bits per heavy atom. The van der Waals surface area contributed by atoms with Gasteiger partial charge in [0.2, 0.25) is 5.88 Å². The monoisotopic (exact) mass is 411 g/mol. The second-order valence-corrected chi connectivity index (χ2v) is 6.49. The summed E-state index contributed by atoms with van der Waals surface area (Å²) in [6.45, 7) is 4.66. The number of hydrogen-bond donors (Lipinski definition) is 1. The number of rotatable bonds is 4. The van der Waals surface area contributed by atoms with Crippen molar-refractivity contribution in [2.24, 2.45) is 11.7 Å². The minimum Gasteiger partial charge on any atom is -0.439 e. The number of halogens is 1. The standard InChI is InChI=1S/C19H22FN3O2.2H2S/c1-12-10-23(11-17(12)20)19(24)15-4-3-5-16(8-15)25-18-7-14(9-21)6-13(2)22-18;;/h3-8,12,17H,9-11,21H2,1-2H3;2*1H2/t12-,17-;;/m0../s1. The Morgan fingerprint density at radius 1 is 1.30 bits per heavy atom. The second-order valence-electron chi connectivity index (χ2n) is 6.49. The molecule has 1 aliphatic heterocycles. The van der Waals surface area contributed by atoms with Crippen LogP contribution < -0.4 is 10.5 Å². The van der Waals surface area contributed by atoms with Gasteiger partial charge in [-0.25, -0.2) is 9.37 Å². The van der Waals surface area contributed by atoms with Gasteiger partial charge in [0.15, 0.2) is 0 Å². The lowest BCUT2D eigenvalue weighted by atomic mass is 10.1. The van der Waals surface area contributed by atoms with Gasteiger partial charge in [-0.05, 0) is 36.8 Å². The van der Waals surface area contributed by atoms with E-state index in [1.807, 2.05) is 19.9 Å². The molecule has 1 aromatic carbocycles. The smallest absolute Gasteiger partial charge is 0.254 e. The van der Waals surface area contributed by atoms with Crippen molar-refractivity contribution in [2.75, 3.05) is 13.1 Å². The van der Waals surface area contributed by atoms with Crippen molar-refractivity contribution in [3.8, 4) is 11.6 Å². The van der Waals surface area contributed by atoms with Gasteiger partial charge in [-0.2, -0.15) is 27.0 Å². The number of likely N-dealkylation sites (tertiary alicyclic amines) is 1. The Bertz CT molecular complexity index is 781. The van der Waals surface area contributed by atoms with Crippen LogP contribution in [0.25, 0.3) is 0 Å². The Morgan fingerprint density at radius 3 is 2.67 bits per heavy atom. The summed E-state index contributed by atoms with van der Waals surface area (Å²) in [5.41, 5.74) is 7.89. The summed E-state index contributed by atoms with van der Waals surface area (Å²) in [7, 11) is 0. The highest BCUT2D eigenvalue weighted by Crippen LogP contribution is 2.25. The van der Waals surface area contributed by atoms with Gasteiger partial charge in [-0.3, -0.25) is 4.79 Å². The minimum absolute atomic E-state index is 0. The molecule has 2 N–H and O–H groups in total. The van der Waals surface area contributed by atoms with Gasteiger partial charge in [-0.15, -0.1) is 0 Å². The minimum atomic E-state index is -0.963. The van der Waals surface area contributed by atoms with Crippen LogP contribution in [0.15, 0.2) is 36.4 Å². The molecule has 0 radical (unpaired) electrons. The first-order valence-electron chi connectivity index (χ1n) is 8.35. The number of pyridine rings is 1. The summed E-state index contributed by atoms with van der Waals surface area (Å²) in [6.07, 6.45) is -0.963. The molecule has 3 rings (SSSR count). The fourth-order valence-electron chi connectivity index (χ4n) is 2.97. The Hall–Kier alpha value is -1.77. The van der Waals surface area contributed by atoms with Crippen LogP contribution in [0.4, 0.5) is 4.39 Å². The van der Waals surface area contributed by atoms with Gasteiger partial charge < -0.3 is 15.4 Å². The molecule has 1 amide bonds. The van der Waals surface area contributed by atoms with Crippen molar-refractivity contribution in [1.82, 2.24) is 9.88 Å². The highest BCUT2D eigenvalue weighted by Gasteiger charge is 2.32. The van der Waals surface area contributed by atoms with Gasteiger partial charge in [0, 0.05) is 36.3 Å². The fraction of sp³-hybridized carbons (Fsp3) is 0.368. The SMILES string of the molecule is Cc1cc(CN)cc(Oc2cccc(C(=O)N3C[C@H](C)[C@@H](F)C3)c2)n1.S.S. The number of amides is 1. The summed E-state index contributed by atoms with van der Waals surface area (Å²) >= 11 is 0. The predicted octanol–water partition coefficient (Wildman–Crippen LogP) is 3.30. The molecule has 2 aromatic rings. The lowest BCUT2D eigenvalue weighted by Gasteiger charge is -2.16. The molecule has 1 fully saturated rings. The molecule has 148 valence electrons. The van der Waals surface area contributed by atoms with Gasteiger partial charge in [0.25, 0.3) is 5.91 Å². The molecule has 0 saturated carbocycles. The van der Waals surface area contributed by atoms with Crippen LogP contribution in [0.5, 0.6) is 11.6 Å². The Balaban J connectivity index is 0.00000182. The molecule has 2 atom stereocenters. The van der Waals surface area contributed by atoms with E-state index >= 15 is 0 Å². The molecule has 8 heteroatoms. The molecule has 0 unspecified atom stereocenters. The number of aromatic nitrogens is 1. The maximum absolute atomic E-state index is 13.7. The quantitative estimate of drug-likeness (QED) is 0.838. The van der Waals surface area contributed by atoms with Crippen LogP contribution >= 0.6 is 27.0 Å². The summed E-state index contributed by atoms with van der Waals surface area (Å²) in [5, 5.41) is 0. The zero-order valence-corrected chi connectivity index (χ0v) is 17.4. The molecule has 1 aromatic heterocycles. The third-order valence-electron chi connectivity index (χ3n) is 4.34. The molecule has 27 heavy (non-hydrogen) atoms. The first kappa shape index (κ1) is 23.3. The molecule has 0 spiro atoms. The van der Waals surface area contributed by atoms with E-state index in [0.29, 0.717) is 30.3 Å². The van der Waals surface area contributed by atoms with E-state index in [4.69, 9.17) is 10.5 Å². The van der Waals surface area contributed by atoms with Crippen LogP contribution in [-0.2, 0) is 6.54 Å².